The Morgan fingerprint density at radius 2 is 1.81 bits per heavy atom. The van der Waals surface area contributed by atoms with Crippen LogP contribution in [0.2, 0.25) is 0 Å². The largest absolute Gasteiger partial charge is 0.353 e. The zero-order valence-corrected chi connectivity index (χ0v) is 14.5. The minimum absolute atomic E-state index is 0.0272. The average Bonchev–Trinajstić information content (AvgIpc) is 3.15. The van der Waals surface area contributed by atoms with Gasteiger partial charge in [-0.1, -0.05) is 6.07 Å². The third-order valence-corrected chi connectivity index (χ3v) is 4.37. The van der Waals surface area contributed by atoms with E-state index in [1.807, 2.05) is 42.3 Å². The van der Waals surface area contributed by atoms with Crippen LogP contribution in [0.15, 0.2) is 49.1 Å². The molecule has 8 heteroatoms. The first-order valence-electron chi connectivity index (χ1n) is 8.51. The Bertz CT molecular complexity index is 901. The topological polar surface area (TPSA) is 80.0 Å². The summed E-state index contributed by atoms with van der Waals surface area (Å²) in [5, 5.41) is 4.38. The molecule has 1 aliphatic heterocycles. The molecule has 1 aliphatic rings. The Labute approximate surface area is 151 Å². The van der Waals surface area contributed by atoms with Crippen molar-refractivity contribution in [1.82, 2.24) is 29.6 Å². The van der Waals surface area contributed by atoms with Crippen molar-refractivity contribution in [3.05, 3.63) is 60.4 Å². The number of amides is 1. The smallest absolute Gasteiger partial charge is 0.272 e. The summed E-state index contributed by atoms with van der Waals surface area (Å²) in [5.74, 6) is 1.55. The van der Waals surface area contributed by atoms with E-state index in [-0.39, 0.29) is 5.91 Å². The van der Waals surface area contributed by atoms with Gasteiger partial charge in [0.25, 0.3) is 5.91 Å². The number of carbonyl (C=O) groups is 1. The van der Waals surface area contributed by atoms with Gasteiger partial charge < -0.3 is 9.80 Å². The summed E-state index contributed by atoms with van der Waals surface area (Å²) in [6.07, 6.45) is 5.07. The first-order valence-corrected chi connectivity index (χ1v) is 8.51. The van der Waals surface area contributed by atoms with Crippen molar-refractivity contribution in [2.45, 2.75) is 6.92 Å². The van der Waals surface area contributed by atoms with Crippen molar-refractivity contribution in [1.29, 1.82) is 0 Å². The van der Waals surface area contributed by atoms with Gasteiger partial charge in [-0.15, -0.1) is 0 Å². The minimum atomic E-state index is -0.0272. The SMILES string of the molecule is Cc1ccn(-c2cc(N3CCN(C(=O)c4ccccn4)CC3)ncn2)n1. The van der Waals surface area contributed by atoms with Gasteiger partial charge in [-0.3, -0.25) is 9.78 Å². The number of pyridine rings is 1. The zero-order chi connectivity index (χ0) is 17.9. The van der Waals surface area contributed by atoms with Crippen LogP contribution >= 0.6 is 0 Å². The molecule has 26 heavy (non-hydrogen) atoms. The van der Waals surface area contributed by atoms with Crippen LogP contribution in [0.25, 0.3) is 5.82 Å². The van der Waals surface area contributed by atoms with Gasteiger partial charge in [-0.25, -0.2) is 14.6 Å². The lowest BCUT2D eigenvalue weighted by molar-refractivity contribution is 0.0740. The summed E-state index contributed by atoms with van der Waals surface area (Å²) in [6, 6.07) is 9.24. The number of carbonyl (C=O) groups excluding carboxylic acids is 1. The first kappa shape index (κ1) is 16.2. The van der Waals surface area contributed by atoms with Gasteiger partial charge in [-0.2, -0.15) is 5.10 Å². The lowest BCUT2D eigenvalue weighted by Gasteiger charge is -2.35. The van der Waals surface area contributed by atoms with E-state index in [4.69, 9.17) is 0 Å². The van der Waals surface area contributed by atoms with Crippen LogP contribution < -0.4 is 4.90 Å². The molecule has 4 heterocycles. The molecule has 0 atom stereocenters. The van der Waals surface area contributed by atoms with E-state index >= 15 is 0 Å². The molecule has 0 saturated carbocycles. The molecule has 1 fully saturated rings. The van der Waals surface area contributed by atoms with Crippen molar-refractivity contribution in [3.63, 3.8) is 0 Å². The maximum Gasteiger partial charge on any atom is 0.272 e. The Morgan fingerprint density at radius 1 is 1.00 bits per heavy atom. The molecule has 0 aromatic carbocycles. The van der Waals surface area contributed by atoms with Gasteiger partial charge in [0, 0.05) is 44.6 Å². The fourth-order valence-electron chi connectivity index (χ4n) is 2.97. The lowest BCUT2D eigenvalue weighted by atomic mass is 10.2. The number of piperazine rings is 1. The second-order valence-electron chi connectivity index (χ2n) is 6.13. The normalized spacial score (nSPS) is 14.5. The van der Waals surface area contributed by atoms with Gasteiger partial charge in [0.05, 0.1) is 5.69 Å². The number of aryl methyl sites for hydroxylation is 1. The molecule has 0 unspecified atom stereocenters. The van der Waals surface area contributed by atoms with Gasteiger partial charge in [0.2, 0.25) is 0 Å². The van der Waals surface area contributed by atoms with Crippen LogP contribution in [0.3, 0.4) is 0 Å². The third kappa shape index (κ3) is 3.26. The summed E-state index contributed by atoms with van der Waals surface area (Å²) in [5.41, 5.74) is 1.42. The number of nitrogens with zero attached hydrogens (tertiary/aromatic N) is 7. The quantitative estimate of drug-likeness (QED) is 0.710. The molecule has 8 nitrogen and oxygen atoms in total. The number of anilines is 1. The average molecular weight is 349 g/mol. The highest BCUT2D eigenvalue weighted by molar-refractivity contribution is 5.92. The van der Waals surface area contributed by atoms with Crippen LogP contribution in [-0.2, 0) is 0 Å². The Morgan fingerprint density at radius 3 is 2.50 bits per heavy atom. The van der Waals surface area contributed by atoms with Crippen LogP contribution in [-0.4, -0.2) is 61.7 Å². The van der Waals surface area contributed by atoms with Gasteiger partial charge in [0.1, 0.15) is 17.8 Å². The van der Waals surface area contributed by atoms with Gasteiger partial charge >= 0.3 is 0 Å². The van der Waals surface area contributed by atoms with Gasteiger partial charge in [-0.05, 0) is 25.1 Å². The highest BCUT2D eigenvalue weighted by atomic mass is 16.2. The second kappa shape index (κ2) is 6.91. The molecule has 0 aliphatic carbocycles. The monoisotopic (exact) mass is 349 g/mol. The van der Waals surface area contributed by atoms with Crippen molar-refractivity contribution >= 4 is 11.7 Å². The molecular weight excluding hydrogens is 330 g/mol. The number of rotatable bonds is 3. The Kier molecular flexibility index (Phi) is 4.30. The summed E-state index contributed by atoms with van der Waals surface area (Å²) < 4.78 is 1.74. The van der Waals surface area contributed by atoms with E-state index in [9.17, 15) is 4.79 Å². The number of aromatic nitrogens is 5. The molecule has 0 bridgehead atoms. The fraction of sp³-hybridized carbons (Fsp3) is 0.278. The highest BCUT2D eigenvalue weighted by Gasteiger charge is 2.23. The third-order valence-electron chi connectivity index (χ3n) is 4.37. The van der Waals surface area contributed by atoms with E-state index in [0.29, 0.717) is 31.9 Å². The zero-order valence-electron chi connectivity index (χ0n) is 14.5. The van der Waals surface area contributed by atoms with E-state index in [0.717, 1.165) is 17.3 Å². The van der Waals surface area contributed by atoms with Crippen molar-refractivity contribution in [2.75, 3.05) is 31.1 Å². The number of hydrogen-bond acceptors (Lipinski definition) is 6. The predicted octanol–water partition coefficient (Wildman–Crippen LogP) is 1.33. The Hall–Kier alpha value is -3.29. The van der Waals surface area contributed by atoms with E-state index < -0.39 is 0 Å². The van der Waals surface area contributed by atoms with Crippen LogP contribution in [0.1, 0.15) is 16.2 Å². The van der Waals surface area contributed by atoms with Gasteiger partial charge in [0.15, 0.2) is 5.82 Å². The molecule has 4 rings (SSSR count). The second-order valence-corrected chi connectivity index (χ2v) is 6.13. The van der Waals surface area contributed by atoms with Crippen molar-refractivity contribution in [2.24, 2.45) is 0 Å². The van der Waals surface area contributed by atoms with E-state index in [1.54, 1.807) is 23.3 Å². The molecule has 1 saturated heterocycles. The molecule has 3 aromatic rings. The minimum Gasteiger partial charge on any atom is -0.353 e. The molecule has 132 valence electrons. The highest BCUT2D eigenvalue weighted by Crippen LogP contribution is 2.16. The predicted molar refractivity (Wildman–Crippen MR) is 96.2 cm³/mol. The van der Waals surface area contributed by atoms with E-state index in [2.05, 4.69) is 25.0 Å². The Balaban J connectivity index is 1.44. The molecule has 3 aromatic heterocycles. The lowest BCUT2D eigenvalue weighted by Crippen LogP contribution is -2.49. The van der Waals surface area contributed by atoms with Crippen LogP contribution in [0.5, 0.6) is 0 Å². The molecule has 0 N–H and O–H groups in total. The molecular formula is C18H19N7O. The van der Waals surface area contributed by atoms with Crippen LogP contribution in [0.4, 0.5) is 5.82 Å². The summed E-state index contributed by atoms with van der Waals surface area (Å²) in [4.78, 5) is 29.3. The van der Waals surface area contributed by atoms with Crippen molar-refractivity contribution in [3.8, 4) is 5.82 Å². The summed E-state index contributed by atoms with van der Waals surface area (Å²) >= 11 is 0. The van der Waals surface area contributed by atoms with Crippen molar-refractivity contribution < 1.29 is 4.79 Å². The number of hydrogen-bond donors (Lipinski definition) is 0. The maximum absolute atomic E-state index is 12.5. The standard InChI is InChI=1S/C18H19N7O/c1-14-5-7-25(22-14)17-12-16(20-13-21-17)23-8-10-24(11-9-23)18(26)15-4-2-3-6-19-15/h2-7,12-13H,8-11H2,1H3. The summed E-state index contributed by atoms with van der Waals surface area (Å²) in [7, 11) is 0. The fourth-order valence-corrected chi connectivity index (χ4v) is 2.97. The molecule has 1 amide bonds. The van der Waals surface area contributed by atoms with Crippen LogP contribution in [0, 0.1) is 6.92 Å². The maximum atomic E-state index is 12.5. The first-order chi connectivity index (χ1) is 12.7. The molecule has 0 radical (unpaired) electrons. The summed E-state index contributed by atoms with van der Waals surface area (Å²) in [6.45, 7) is 4.64. The molecule has 0 spiro atoms. The van der Waals surface area contributed by atoms with E-state index in [1.165, 1.54) is 0 Å².